The van der Waals surface area contributed by atoms with Gasteiger partial charge in [-0.3, -0.25) is 0 Å². The van der Waals surface area contributed by atoms with Crippen molar-refractivity contribution in [2.45, 2.75) is 6.42 Å². The first-order valence-corrected chi connectivity index (χ1v) is 5.01. The molecule has 2 N–H and O–H groups in total. The molecule has 0 saturated heterocycles. The minimum atomic E-state index is -0.707. The first-order valence-electron chi connectivity index (χ1n) is 5.01. The van der Waals surface area contributed by atoms with E-state index >= 15 is 0 Å². The van der Waals surface area contributed by atoms with E-state index in [1.807, 2.05) is 0 Å². The molecule has 0 spiro atoms. The number of halogens is 2. The maximum absolute atomic E-state index is 13.1. The van der Waals surface area contributed by atoms with Crippen LogP contribution in [-0.2, 0) is 6.42 Å². The van der Waals surface area contributed by atoms with Crippen molar-refractivity contribution in [1.29, 1.82) is 0 Å². The van der Waals surface area contributed by atoms with Crippen LogP contribution in [0.1, 0.15) is 11.1 Å². The molecule has 0 radical (unpaired) electrons. The third-order valence-corrected chi connectivity index (χ3v) is 2.43. The highest BCUT2D eigenvalue weighted by molar-refractivity contribution is 5.34. The topological polar surface area (TPSA) is 40.5 Å². The van der Waals surface area contributed by atoms with Crippen LogP contribution in [0.25, 0.3) is 0 Å². The molecule has 2 rings (SSSR count). The van der Waals surface area contributed by atoms with Gasteiger partial charge in [-0.15, -0.1) is 0 Å². The Morgan fingerprint density at radius 3 is 1.53 bits per heavy atom. The van der Waals surface area contributed by atoms with E-state index in [-0.39, 0.29) is 0 Å². The number of benzene rings is 2. The predicted octanol–water partition coefficient (Wildman–Crippen LogP) is 2.97. The molecule has 2 aromatic rings. The molecule has 0 atom stereocenters. The Morgan fingerprint density at radius 2 is 1.18 bits per heavy atom. The minimum Gasteiger partial charge on any atom is -0.505 e. The number of phenols is 2. The minimum absolute atomic E-state index is 0.328. The van der Waals surface area contributed by atoms with E-state index in [1.165, 1.54) is 24.3 Å². The van der Waals surface area contributed by atoms with Crippen LogP contribution in [-0.4, -0.2) is 10.2 Å². The van der Waals surface area contributed by atoms with Crippen LogP contribution in [0.15, 0.2) is 36.4 Å². The summed E-state index contributed by atoms with van der Waals surface area (Å²) in [7, 11) is 0. The van der Waals surface area contributed by atoms with Crippen LogP contribution < -0.4 is 0 Å². The fourth-order valence-corrected chi connectivity index (χ4v) is 1.56. The third kappa shape index (κ3) is 2.53. The normalized spacial score (nSPS) is 10.5. The van der Waals surface area contributed by atoms with Crippen molar-refractivity contribution in [3.63, 3.8) is 0 Å². The summed E-state index contributed by atoms with van der Waals surface area (Å²) in [6.07, 6.45) is 0.328. The van der Waals surface area contributed by atoms with Crippen molar-refractivity contribution in [1.82, 2.24) is 0 Å². The van der Waals surface area contributed by atoms with Crippen LogP contribution in [0.4, 0.5) is 8.78 Å². The Kier molecular flexibility index (Phi) is 2.95. The largest absolute Gasteiger partial charge is 0.505 e. The highest BCUT2D eigenvalue weighted by Gasteiger charge is 2.05. The zero-order valence-corrected chi connectivity index (χ0v) is 8.82. The molecule has 2 nitrogen and oxygen atoms in total. The van der Waals surface area contributed by atoms with E-state index in [9.17, 15) is 8.78 Å². The van der Waals surface area contributed by atoms with Crippen LogP contribution in [0.3, 0.4) is 0 Å². The number of aromatic hydroxyl groups is 2. The third-order valence-electron chi connectivity index (χ3n) is 2.43. The zero-order chi connectivity index (χ0) is 12.4. The van der Waals surface area contributed by atoms with Gasteiger partial charge in [0, 0.05) is 0 Å². The summed E-state index contributed by atoms with van der Waals surface area (Å²) in [5.74, 6) is -2.24. The number of hydrogen-bond acceptors (Lipinski definition) is 2. The molecule has 0 aromatic heterocycles. The van der Waals surface area contributed by atoms with Crippen molar-refractivity contribution in [2.24, 2.45) is 0 Å². The molecule has 0 unspecified atom stereocenters. The molecule has 0 aliphatic carbocycles. The Labute approximate surface area is 96.8 Å². The van der Waals surface area contributed by atoms with E-state index in [0.717, 1.165) is 0 Å². The zero-order valence-electron chi connectivity index (χ0n) is 8.82. The fourth-order valence-electron chi connectivity index (χ4n) is 1.56. The lowest BCUT2D eigenvalue weighted by atomic mass is 10.0. The Hall–Kier alpha value is -2.10. The van der Waals surface area contributed by atoms with Gasteiger partial charge in [-0.1, -0.05) is 12.1 Å². The molecular formula is C13H10F2O2. The van der Waals surface area contributed by atoms with E-state index in [1.54, 1.807) is 12.1 Å². The summed E-state index contributed by atoms with van der Waals surface area (Å²) in [6, 6.07) is 8.01. The summed E-state index contributed by atoms with van der Waals surface area (Å²) in [5.41, 5.74) is 1.23. The van der Waals surface area contributed by atoms with Gasteiger partial charge in [-0.2, -0.15) is 0 Å². The monoisotopic (exact) mass is 236 g/mol. The van der Waals surface area contributed by atoms with Crippen molar-refractivity contribution in [3.8, 4) is 11.5 Å². The molecule has 17 heavy (non-hydrogen) atoms. The van der Waals surface area contributed by atoms with Crippen LogP contribution in [0.5, 0.6) is 11.5 Å². The van der Waals surface area contributed by atoms with Crippen LogP contribution >= 0.6 is 0 Å². The van der Waals surface area contributed by atoms with E-state index in [4.69, 9.17) is 10.2 Å². The maximum atomic E-state index is 13.1. The maximum Gasteiger partial charge on any atom is 0.165 e. The molecule has 0 saturated carbocycles. The van der Waals surface area contributed by atoms with Gasteiger partial charge in [-0.25, -0.2) is 8.78 Å². The molecule has 0 aliphatic rings. The van der Waals surface area contributed by atoms with Crippen molar-refractivity contribution in [3.05, 3.63) is 59.2 Å². The molecule has 0 bridgehead atoms. The second-order valence-corrected chi connectivity index (χ2v) is 3.75. The smallest absolute Gasteiger partial charge is 0.165 e. The van der Waals surface area contributed by atoms with E-state index in [0.29, 0.717) is 17.5 Å². The number of hydrogen-bond donors (Lipinski definition) is 2. The second kappa shape index (κ2) is 4.41. The molecule has 0 amide bonds. The van der Waals surface area contributed by atoms with Gasteiger partial charge < -0.3 is 10.2 Å². The summed E-state index contributed by atoms with van der Waals surface area (Å²) < 4.78 is 26.1. The van der Waals surface area contributed by atoms with E-state index < -0.39 is 23.1 Å². The van der Waals surface area contributed by atoms with Gasteiger partial charge in [0.1, 0.15) is 0 Å². The molecule has 2 aromatic carbocycles. The highest BCUT2D eigenvalue weighted by atomic mass is 19.1. The summed E-state index contributed by atoms with van der Waals surface area (Å²) in [5, 5.41) is 18.0. The SMILES string of the molecule is Oc1ccc(Cc2ccc(O)c(F)c2)cc1F. The molecule has 88 valence electrons. The number of phenolic OH excluding ortho intramolecular Hbond substituents is 2. The van der Waals surface area contributed by atoms with Crippen LogP contribution in [0, 0.1) is 11.6 Å². The molecular weight excluding hydrogens is 226 g/mol. The second-order valence-electron chi connectivity index (χ2n) is 3.75. The average molecular weight is 236 g/mol. The molecule has 4 heteroatoms. The quantitative estimate of drug-likeness (QED) is 0.841. The predicted molar refractivity (Wildman–Crippen MR) is 58.9 cm³/mol. The lowest BCUT2D eigenvalue weighted by Crippen LogP contribution is -1.90. The highest BCUT2D eigenvalue weighted by Crippen LogP contribution is 2.21. The van der Waals surface area contributed by atoms with Crippen molar-refractivity contribution in [2.75, 3.05) is 0 Å². The Balaban J connectivity index is 2.25. The standard InChI is InChI=1S/C13H10F2O2/c14-10-6-8(1-3-12(10)16)5-9-2-4-13(17)11(15)7-9/h1-4,6-7,16-17H,5H2. The van der Waals surface area contributed by atoms with Crippen molar-refractivity contribution < 1.29 is 19.0 Å². The van der Waals surface area contributed by atoms with Crippen molar-refractivity contribution >= 4 is 0 Å². The summed E-state index contributed by atoms with van der Waals surface area (Å²) >= 11 is 0. The molecule has 0 aliphatic heterocycles. The van der Waals surface area contributed by atoms with Gasteiger partial charge in [0.2, 0.25) is 0 Å². The first-order chi connectivity index (χ1) is 8.06. The van der Waals surface area contributed by atoms with Gasteiger partial charge in [0.25, 0.3) is 0 Å². The lowest BCUT2D eigenvalue weighted by molar-refractivity contribution is 0.431. The fraction of sp³-hybridized carbons (Fsp3) is 0.0769. The Morgan fingerprint density at radius 1 is 0.765 bits per heavy atom. The molecule has 0 fully saturated rings. The van der Waals surface area contributed by atoms with Gasteiger partial charge in [0.15, 0.2) is 23.1 Å². The lowest BCUT2D eigenvalue weighted by Gasteiger charge is -2.04. The average Bonchev–Trinajstić information content (AvgIpc) is 2.29. The first kappa shape index (κ1) is 11.4. The number of rotatable bonds is 2. The van der Waals surface area contributed by atoms with Crippen LogP contribution in [0.2, 0.25) is 0 Å². The van der Waals surface area contributed by atoms with Gasteiger partial charge in [-0.05, 0) is 41.8 Å². The van der Waals surface area contributed by atoms with Gasteiger partial charge in [0.05, 0.1) is 0 Å². The molecule has 0 heterocycles. The Bertz CT molecular complexity index is 504. The van der Waals surface area contributed by atoms with Gasteiger partial charge >= 0.3 is 0 Å². The summed E-state index contributed by atoms with van der Waals surface area (Å²) in [6.45, 7) is 0. The van der Waals surface area contributed by atoms with E-state index in [2.05, 4.69) is 0 Å². The summed E-state index contributed by atoms with van der Waals surface area (Å²) in [4.78, 5) is 0.